The van der Waals surface area contributed by atoms with Crippen molar-refractivity contribution in [3.05, 3.63) is 28.0 Å². The molecule has 0 unspecified atom stereocenters. The van der Waals surface area contributed by atoms with Crippen molar-refractivity contribution >= 4 is 45.2 Å². The van der Waals surface area contributed by atoms with E-state index in [9.17, 15) is 18.0 Å². The number of anilines is 1. The first kappa shape index (κ1) is 18.3. The van der Waals surface area contributed by atoms with Crippen molar-refractivity contribution in [3.8, 4) is 0 Å². The maximum Gasteiger partial charge on any atom is 0.406 e. The van der Waals surface area contributed by atoms with Gasteiger partial charge in [0.25, 0.3) is 0 Å². The number of carbonyl (C=O) groups excluding carboxylic acids is 1. The Labute approximate surface area is 156 Å². The first-order chi connectivity index (χ1) is 11.7. The third-order valence-corrected chi connectivity index (χ3v) is 5.16. The van der Waals surface area contributed by atoms with Gasteiger partial charge in [-0.1, -0.05) is 6.07 Å². The lowest BCUT2D eigenvalue weighted by Gasteiger charge is -2.32. The van der Waals surface area contributed by atoms with E-state index in [1.54, 1.807) is 29.2 Å². The topological polar surface area (TPSA) is 40.5 Å². The number of piperazine rings is 1. The van der Waals surface area contributed by atoms with Crippen molar-refractivity contribution in [2.24, 2.45) is 0 Å². The number of carbonyl (C=O) groups is 1. The number of aromatic nitrogens is 1. The number of amides is 2. The molecule has 0 atom stereocenters. The van der Waals surface area contributed by atoms with Crippen LogP contribution in [0.4, 0.5) is 23.7 Å². The average Bonchev–Trinajstić information content (AvgIpc) is 2.84. The Bertz CT molecular complexity index is 782. The summed E-state index contributed by atoms with van der Waals surface area (Å²) in [7, 11) is 2.00. The molecule has 1 aliphatic heterocycles. The van der Waals surface area contributed by atoms with Crippen LogP contribution >= 0.6 is 22.6 Å². The summed E-state index contributed by atoms with van der Waals surface area (Å²) in [5, 5.41) is 3.45. The lowest BCUT2D eigenvalue weighted by Crippen LogP contribution is -2.48. The zero-order valence-corrected chi connectivity index (χ0v) is 15.8. The number of alkyl halides is 3. The first-order valence-electron chi connectivity index (χ1n) is 7.83. The summed E-state index contributed by atoms with van der Waals surface area (Å²) < 4.78 is 40.1. The second-order valence-electron chi connectivity index (χ2n) is 6.13. The van der Waals surface area contributed by atoms with Crippen LogP contribution in [0.2, 0.25) is 0 Å². The normalized spacial score (nSPS) is 16.4. The second kappa shape index (κ2) is 7.02. The van der Waals surface area contributed by atoms with Crippen molar-refractivity contribution in [3.63, 3.8) is 0 Å². The van der Waals surface area contributed by atoms with Crippen molar-refractivity contribution < 1.29 is 18.0 Å². The molecule has 1 fully saturated rings. The maximum absolute atomic E-state index is 12.8. The van der Waals surface area contributed by atoms with E-state index in [1.807, 2.05) is 29.6 Å². The Hall–Kier alpha value is -1.49. The number of hydrogen-bond donors (Lipinski definition) is 1. The highest BCUT2D eigenvalue weighted by Gasteiger charge is 2.30. The fourth-order valence-corrected chi connectivity index (χ4v) is 3.65. The van der Waals surface area contributed by atoms with Crippen LogP contribution < -0.4 is 5.32 Å². The standard InChI is InChI=1S/C16H18F3IN4O/c1-22-5-7-23(8-6-22)15(25)21-12-3-2-4-13-11(12)9-14(20)24(13)10-16(17,18)19/h2-4,9H,5-8,10H2,1H3,(H,21,25). The fourth-order valence-electron chi connectivity index (χ4n) is 2.90. The molecule has 0 aliphatic carbocycles. The number of fused-ring (bicyclic) bond motifs is 1. The van der Waals surface area contributed by atoms with Crippen molar-refractivity contribution in [2.75, 3.05) is 38.5 Å². The third kappa shape index (κ3) is 4.20. The van der Waals surface area contributed by atoms with E-state index in [4.69, 9.17) is 0 Å². The molecule has 3 rings (SSSR count). The number of likely N-dealkylation sites (N-methyl/N-ethyl adjacent to an activating group) is 1. The van der Waals surface area contributed by atoms with Gasteiger partial charge in [-0.2, -0.15) is 13.2 Å². The van der Waals surface area contributed by atoms with Crippen LogP contribution in [0.5, 0.6) is 0 Å². The smallest absolute Gasteiger partial charge is 0.327 e. The Balaban J connectivity index is 1.85. The van der Waals surface area contributed by atoms with Gasteiger partial charge in [0, 0.05) is 31.6 Å². The van der Waals surface area contributed by atoms with Crippen molar-refractivity contribution in [1.82, 2.24) is 14.4 Å². The van der Waals surface area contributed by atoms with Crippen LogP contribution in [-0.4, -0.2) is 59.8 Å². The van der Waals surface area contributed by atoms with E-state index in [0.717, 1.165) is 13.1 Å². The second-order valence-corrected chi connectivity index (χ2v) is 7.23. The summed E-state index contributed by atoms with van der Waals surface area (Å²) in [6.45, 7) is 1.81. The molecule has 1 saturated heterocycles. The highest BCUT2D eigenvalue weighted by atomic mass is 127. The summed E-state index contributed by atoms with van der Waals surface area (Å²) >= 11 is 1.88. The van der Waals surface area contributed by atoms with E-state index in [0.29, 0.717) is 33.4 Å². The highest BCUT2D eigenvalue weighted by Crippen LogP contribution is 2.31. The number of hydrogen-bond acceptors (Lipinski definition) is 2. The lowest BCUT2D eigenvalue weighted by molar-refractivity contribution is -0.140. The van der Waals surface area contributed by atoms with Crippen molar-refractivity contribution in [1.29, 1.82) is 0 Å². The minimum atomic E-state index is -4.30. The Morgan fingerprint density at radius 3 is 2.56 bits per heavy atom. The Morgan fingerprint density at radius 1 is 1.24 bits per heavy atom. The largest absolute Gasteiger partial charge is 0.406 e. The monoisotopic (exact) mass is 466 g/mol. The van der Waals surface area contributed by atoms with Gasteiger partial charge < -0.3 is 19.7 Å². The molecule has 2 aromatic rings. The molecule has 0 spiro atoms. The molecule has 0 radical (unpaired) electrons. The van der Waals surface area contributed by atoms with Gasteiger partial charge in [0.1, 0.15) is 6.54 Å². The van der Waals surface area contributed by atoms with Gasteiger partial charge in [-0.15, -0.1) is 0 Å². The summed E-state index contributed by atoms with van der Waals surface area (Å²) in [4.78, 5) is 16.3. The summed E-state index contributed by atoms with van der Waals surface area (Å²) in [5.74, 6) is 0. The summed E-state index contributed by atoms with van der Waals surface area (Å²) in [6, 6.07) is 6.45. The molecular weight excluding hydrogens is 448 g/mol. The quantitative estimate of drug-likeness (QED) is 0.688. The van der Waals surface area contributed by atoms with Crippen LogP contribution in [-0.2, 0) is 6.54 Å². The molecule has 136 valence electrons. The summed E-state index contributed by atoms with van der Waals surface area (Å²) in [6.07, 6.45) is -4.30. The van der Waals surface area contributed by atoms with Gasteiger partial charge >= 0.3 is 12.2 Å². The fraction of sp³-hybridized carbons (Fsp3) is 0.438. The summed E-state index contributed by atoms with van der Waals surface area (Å²) in [5.41, 5.74) is 0.984. The molecule has 1 aromatic carbocycles. The van der Waals surface area contributed by atoms with E-state index in [-0.39, 0.29) is 6.03 Å². The number of urea groups is 1. The number of nitrogens with zero attached hydrogens (tertiary/aromatic N) is 3. The SMILES string of the molecule is CN1CCN(C(=O)Nc2cccc3c2cc(I)n3CC(F)(F)F)CC1. The van der Waals surface area contributed by atoms with E-state index in [1.165, 1.54) is 4.57 Å². The highest BCUT2D eigenvalue weighted by molar-refractivity contribution is 14.1. The number of halogens is 4. The lowest BCUT2D eigenvalue weighted by atomic mass is 10.2. The Morgan fingerprint density at radius 2 is 1.92 bits per heavy atom. The molecule has 0 bridgehead atoms. The molecule has 1 aromatic heterocycles. The van der Waals surface area contributed by atoms with E-state index < -0.39 is 12.7 Å². The maximum atomic E-state index is 12.8. The van der Waals surface area contributed by atoms with Gasteiger partial charge in [0.2, 0.25) is 0 Å². The number of benzene rings is 1. The van der Waals surface area contributed by atoms with Crippen LogP contribution in [0, 0.1) is 3.70 Å². The van der Waals surface area contributed by atoms with Gasteiger partial charge in [-0.3, -0.25) is 0 Å². The molecule has 9 heteroatoms. The van der Waals surface area contributed by atoms with Crippen LogP contribution in [0.3, 0.4) is 0 Å². The Kier molecular flexibility index (Phi) is 5.14. The third-order valence-electron chi connectivity index (χ3n) is 4.26. The van der Waals surface area contributed by atoms with Crippen LogP contribution in [0.1, 0.15) is 0 Å². The van der Waals surface area contributed by atoms with Gasteiger partial charge in [-0.05, 0) is 47.8 Å². The molecule has 5 nitrogen and oxygen atoms in total. The van der Waals surface area contributed by atoms with Crippen LogP contribution in [0.15, 0.2) is 24.3 Å². The first-order valence-corrected chi connectivity index (χ1v) is 8.91. The van der Waals surface area contributed by atoms with E-state index in [2.05, 4.69) is 10.2 Å². The predicted molar refractivity (Wildman–Crippen MR) is 98.8 cm³/mol. The van der Waals surface area contributed by atoms with Gasteiger partial charge in [-0.25, -0.2) is 4.79 Å². The zero-order valence-electron chi connectivity index (χ0n) is 13.6. The van der Waals surface area contributed by atoms with Gasteiger partial charge in [0.15, 0.2) is 0 Å². The predicted octanol–water partition coefficient (Wildman–Crippen LogP) is 3.59. The molecule has 2 heterocycles. The molecule has 1 N–H and O–H groups in total. The molecule has 0 saturated carbocycles. The number of rotatable bonds is 2. The van der Waals surface area contributed by atoms with Crippen LogP contribution in [0.25, 0.3) is 10.9 Å². The minimum Gasteiger partial charge on any atom is -0.327 e. The average molecular weight is 466 g/mol. The molecule has 25 heavy (non-hydrogen) atoms. The minimum absolute atomic E-state index is 0.223. The van der Waals surface area contributed by atoms with Gasteiger partial charge in [0.05, 0.1) is 14.9 Å². The number of nitrogens with one attached hydrogen (secondary N) is 1. The zero-order chi connectivity index (χ0) is 18.2. The molecular formula is C16H18F3IN4O. The van der Waals surface area contributed by atoms with Crippen molar-refractivity contribution in [2.45, 2.75) is 12.7 Å². The molecule has 1 aliphatic rings. The molecule has 2 amide bonds. The van der Waals surface area contributed by atoms with E-state index >= 15 is 0 Å².